The standard InChI is InChI=1S/C16H15N/c1-2-6-12-10-16-14(9-11(12)5-1)13-7-3-4-8-15(13)17-16/h1,4-5,8-10,17H,2-3,6-7H2. The smallest absolute Gasteiger partial charge is 0.0464 e. The van der Waals surface area contributed by atoms with E-state index >= 15 is 0 Å². The summed E-state index contributed by atoms with van der Waals surface area (Å²) in [6, 6.07) is 4.72. The van der Waals surface area contributed by atoms with Crippen LogP contribution in [0.5, 0.6) is 0 Å². The molecule has 1 aromatic carbocycles. The SMILES string of the molecule is C1=Cc2cc3c4c([nH]c3cc2CC1)C=CCC4. The van der Waals surface area contributed by atoms with E-state index in [1.807, 2.05) is 0 Å². The molecule has 17 heavy (non-hydrogen) atoms. The van der Waals surface area contributed by atoms with Crippen molar-refractivity contribution >= 4 is 23.1 Å². The highest BCUT2D eigenvalue weighted by atomic mass is 14.7. The number of aryl methyl sites for hydroxylation is 2. The number of hydrogen-bond acceptors (Lipinski definition) is 0. The molecule has 2 aliphatic carbocycles. The first kappa shape index (κ1) is 9.29. The summed E-state index contributed by atoms with van der Waals surface area (Å²) in [6.07, 6.45) is 13.8. The lowest BCUT2D eigenvalue weighted by Crippen LogP contribution is -1.94. The maximum Gasteiger partial charge on any atom is 0.0464 e. The largest absolute Gasteiger partial charge is 0.355 e. The third-order valence-corrected chi connectivity index (χ3v) is 3.92. The van der Waals surface area contributed by atoms with Gasteiger partial charge in [0.1, 0.15) is 0 Å². The molecule has 0 bridgehead atoms. The molecule has 0 atom stereocenters. The highest BCUT2D eigenvalue weighted by Gasteiger charge is 2.14. The summed E-state index contributed by atoms with van der Waals surface area (Å²) < 4.78 is 0. The van der Waals surface area contributed by atoms with Gasteiger partial charge in [-0.2, -0.15) is 0 Å². The third kappa shape index (κ3) is 1.32. The first-order valence-electron chi connectivity index (χ1n) is 6.42. The Balaban J connectivity index is 2.05. The van der Waals surface area contributed by atoms with Crippen molar-refractivity contribution in [3.63, 3.8) is 0 Å². The second kappa shape index (κ2) is 3.36. The predicted molar refractivity (Wildman–Crippen MR) is 73.0 cm³/mol. The summed E-state index contributed by atoms with van der Waals surface area (Å²) in [5.74, 6) is 0. The molecule has 1 heterocycles. The van der Waals surface area contributed by atoms with Crippen LogP contribution in [0.3, 0.4) is 0 Å². The van der Waals surface area contributed by atoms with E-state index in [1.165, 1.54) is 59.0 Å². The molecule has 1 heteroatoms. The molecule has 0 amide bonds. The Kier molecular flexibility index (Phi) is 1.84. The molecular formula is C16H15N. The summed E-state index contributed by atoms with van der Waals surface area (Å²) in [5, 5.41) is 1.43. The number of aromatic nitrogens is 1. The Labute approximate surface area is 101 Å². The monoisotopic (exact) mass is 221 g/mol. The second-order valence-corrected chi connectivity index (χ2v) is 5.00. The van der Waals surface area contributed by atoms with Crippen LogP contribution in [-0.4, -0.2) is 4.98 Å². The van der Waals surface area contributed by atoms with E-state index in [9.17, 15) is 0 Å². The van der Waals surface area contributed by atoms with Crippen molar-refractivity contribution in [1.82, 2.24) is 4.98 Å². The number of nitrogens with one attached hydrogen (secondary N) is 1. The molecule has 0 saturated heterocycles. The number of allylic oxidation sites excluding steroid dienone is 2. The van der Waals surface area contributed by atoms with E-state index in [1.54, 1.807) is 0 Å². The molecule has 2 aromatic rings. The minimum absolute atomic E-state index is 1.17. The van der Waals surface area contributed by atoms with E-state index < -0.39 is 0 Å². The summed E-state index contributed by atoms with van der Waals surface area (Å²) in [4.78, 5) is 3.56. The lowest BCUT2D eigenvalue weighted by molar-refractivity contribution is 0.987. The molecule has 4 rings (SSSR count). The van der Waals surface area contributed by atoms with Gasteiger partial charge in [0.25, 0.3) is 0 Å². The highest BCUT2D eigenvalue weighted by Crippen LogP contribution is 2.32. The lowest BCUT2D eigenvalue weighted by Gasteiger charge is -2.11. The summed E-state index contributed by atoms with van der Waals surface area (Å²) in [7, 11) is 0. The molecular weight excluding hydrogens is 206 g/mol. The van der Waals surface area contributed by atoms with Crippen LogP contribution in [0.4, 0.5) is 0 Å². The van der Waals surface area contributed by atoms with Crippen molar-refractivity contribution in [2.24, 2.45) is 0 Å². The maximum atomic E-state index is 3.56. The van der Waals surface area contributed by atoms with E-state index in [-0.39, 0.29) is 0 Å². The molecule has 1 aromatic heterocycles. The van der Waals surface area contributed by atoms with E-state index in [0.717, 1.165) is 0 Å². The van der Waals surface area contributed by atoms with Gasteiger partial charge in [0.15, 0.2) is 0 Å². The molecule has 0 spiro atoms. The fourth-order valence-electron chi connectivity index (χ4n) is 3.04. The van der Waals surface area contributed by atoms with Gasteiger partial charge in [-0.3, -0.25) is 0 Å². The van der Waals surface area contributed by atoms with E-state index in [2.05, 4.69) is 41.4 Å². The van der Waals surface area contributed by atoms with Gasteiger partial charge >= 0.3 is 0 Å². The summed E-state index contributed by atoms with van der Waals surface area (Å²) >= 11 is 0. The Bertz CT molecular complexity index is 656. The molecule has 0 saturated carbocycles. The lowest BCUT2D eigenvalue weighted by atomic mass is 9.93. The second-order valence-electron chi connectivity index (χ2n) is 5.00. The van der Waals surface area contributed by atoms with Gasteiger partial charge in [-0.05, 0) is 60.6 Å². The number of aromatic amines is 1. The zero-order valence-electron chi connectivity index (χ0n) is 9.79. The predicted octanol–water partition coefficient (Wildman–Crippen LogP) is 4.09. The molecule has 0 aliphatic heterocycles. The van der Waals surface area contributed by atoms with Gasteiger partial charge in [-0.15, -0.1) is 0 Å². The number of benzene rings is 1. The van der Waals surface area contributed by atoms with Gasteiger partial charge < -0.3 is 4.98 Å². The normalized spacial score (nSPS) is 17.2. The number of hydrogen-bond donors (Lipinski definition) is 1. The Morgan fingerprint density at radius 3 is 2.82 bits per heavy atom. The van der Waals surface area contributed by atoms with Crippen molar-refractivity contribution in [2.75, 3.05) is 0 Å². The van der Waals surface area contributed by atoms with Crippen LogP contribution in [-0.2, 0) is 12.8 Å². The Hall–Kier alpha value is -1.76. The van der Waals surface area contributed by atoms with Gasteiger partial charge in [0.2, 0.25) is 0 Å². The average molecular weight is 221 g/mol. The van der Waals surface area contributed by atoms with Crippen molar-refractivity contribution < 1.29 is 0 Å². The summed E-state index contributed by atoms with van der Waals surface area (Å²) in [5.41, 5.74) is 7.04. The van der Waals surface area contributed by atoms with Crippen molar-refractivity contribution in [3.05, 3.63) is 46.7 Å². The molecule has 0 unspecified atom stereocenters. The van der Waals surface area contributed by atoms with Crippen molar-refractivity contribution in [1.29, 1.82) is 0 Å². The van der Waals surface area contributed by atoms with E-state index in [4.69, 9.17) is 0 Å². The van der Waals surface area contributed by atoms with E-state index in [0.29, 0.717) is 0 Å². The Morgan fingerprint density at radius 2 is 1.82 bits per heavy atom. The first-order chi connectivity index (χ1) is 8.42. The number of rotatable bonds is 0. The van der Waals surface area contributed by atoms with Gasteiger partial charge in [0.05, 0.1) is 0 Å². The molecule has 1 nitrogen and oxygen atoms in total. The maximum absolute atomic E-state index is 3.56. The molecule has 2 aliphatic rings. The zero-order chi connectivity index (χ0) is 11.2. The van der Waals surface area contributed by atoms with Crippen LogP contribution in [0.2, 0.25) is 0 Å². The van der Waals surface area contributed by atoms with Crippen LogP contribution in [0.25, 0.3) is 23.1 Å². The summed E-state index contributed by atoms with van der Waals surface area (Å²) in [6.45, 7) is 0. The quantitative estimate of drug-likeness (QED) is 0.689. The molecule has 1 N–H and O–H groups in total. The zero-order valence-corrected chi connectivity index (χ0v) is 9.79. The van der Waals surface area contributed by atoms with Gasteiger partial charge in [-0.25, -0.2) is 0 Å². The van der Waals surface area contributed by atoms with Crippen LogP contribution < -0.4 is 0 Å². The minimum Gasteiger partial charge on any atom is -0.355 e. The molecule has 84 valence electrons. The van der Waals surface area contributed by atoms with Crippen LogP contribution >= 0.6 is 0 Å². The van der Waals surface area contributed by atoms with Crippen LogP contribution in [0.15, 0.2) is 24.3 Å². The first-order valence-corrected chi connectivity index (χ1v) is 6.42. The van der Waals surface area contributed by atoms with Crippen LogP contribution in [0.1, 0.15) is 35.2 Å². The average Bonchev–Trinajstić information content (AvgIpc) is 2.73. The Morgan fingerprint density at radius 1 is 0.941 bits per heavy atom. The van der Waals surface area contributed by atoms with Crippen molar-refractivity contribution in [2.45, 2.75) is 25.7 Å². The van der Waals surface area contributed by atoms with Crippen LogP contribution in [0, 0.1) is 0 Å². The highest BCUT2D eigenvalue weighted by molar-refractivity contribution is 5.90. The third-order valence-electron chi connectivity index (χ3n) is 3.92. The van der Waals surface area contributed by atoms with Gasteiger partial charge in [-0.1, -0.05) is 18.2 Å². The van der Waals surface area contributed by atoms with Gasteiger partial charge in [0, 0.05) is 16.6 Å². The number of H-pyrrole nitrogens is 1. The molecule has 0 radical (unpaired) electrons. The minimum atomic E-state index is 1.17. The fraction of sp³-hybridized carbons (Fsp3) is 0.250. The number of fused-ring (bicyclic) bond motifs is 4. The molecule has 0 fully saturated rings. The topological polar surface area (TPSA) is 15.8 Å². The van der Waals surface area contributed by atoms with Crippen molar-refractivity contribution in [3.8, 4) is 0 Å². The fourth-order valence-corrected chi connectivity index (χ4v) is 3.04.